The van der Waals surface area contributed by atoms with Gasteiger partial charge >= 0.3 is 5.97 Å². The predicted octanol–water partition coefficient (Wildman–Crippen LogP) is 2.93. The van der Waals surface area contributed by atoms with Crippen LogP contribution < -0.4 is 4.74 Å². The van der Waals surface area contributed by atoms with Gasteiger partial charge in [-0.25, -0.2) is 0 Å². The number of rotatable bonds is 10. The molecule has 1 saturated heterocycles. The van der Waals surface area contributed by atoms with Crippen molar-refractivity contribution in [2.75, 3.05) is 26.8 Å². The number of carboxylic acids is 1. The van der Waals surface area contributed by atoms with E-state index in [4.69, 9.17) is 14.6 Å². The molecule has 1 fully saturated rings. The molecule has 1 aromatic carbocycles. The van der Waals surface area contributed by atoms with E-state index in [1.165, 1.54) is 5.56 Å². The minimum absolute atomic E-state index is 0.243. The summed E-state index contributed by atoms with van der Waals surface area (Å²) in [6.07, 6.45) is 4.41. The topological polar surface area (TPSA) is 59.0 Å². The Kier molecular flexibility index (Phi) is 7.36. The molecule has 1 atom stereocenters. The number of hydrogen-bond donors (Lipinski definition) is 1. The van der Waals surface area contributed by atoms with Crippen LogP contribution in [0.1, 0.15) is 37.7 Å². The number of aliphatic carboxylic acids is 1. The molecule has 0 amide bonds. The summed E-state index contributed by atoms with van der Waals surface area (Å²) in [6.45, 7) is 3.50. The number of nitrogens with zero attached hydrogens (tertiary/aromatic N) is 1. The lowest BCUT2D eigenvalue weighted by atomic mass is 10.1. The zero-order valence-corrected chi connectivity index (χ0v) is 13.9. The second-order valence-corrected chi connectivity index (χ2v) is 6.07. The highest BCUT2D eigenvalue weighted by molar-refractivity contribution is 5.66. The summed E-state index contributed by atoms with van der Waals surface area (Å²) in [5.74, 6) is 0.147. The Morgan fingerprint density at radius 1 is 1.43 bits per heavy atom. The molecule has 23 heavy (non-hydrogen) atoms. The second kappa shape index (κ2) is 9.53. The largest absolute Gasteiger partial charge is 0.497 e. The number of ether oxygens (including phenoxy) is 2. The van der Waals surface area contributed by atoms with Crippen molar-refractivity contribution in [3.8, 4) is 5.75 Å². The van der Waals surface area contributed by atoms with E-state index in [1.54, 1.807) is 7.11 Å². The monoisotopic (exact) mass is 321 g/mol. The fraction of sp³-hybridized carbons (Fsp3) is 0.611. The van der Waals surface area contributed by atoms with E-state index in [2.05, 4.69) is 17.0 Å². The van der Waals surface area contributed by atoms with E-state index < -0.39 is 5.97 Å². The van der Waals surface area contributed by atoms with Crippen LogP contribution in [-0.2, 0) is 16.1 Å². The van der Waals surface area contributed by atoms with Crippen molar-refractivity contribution in [2.24, 2.45) is 0 Å². The van der Waals surface area contributed by atoms with Gasteiger partial charge in [0.1, 0.15) is 5.75 Å². The van der Waals surface area contributed by atoms with Crippen LogP contribution in [0.5, 0.6) is 5.75 Å². The van der Waals surface area contributed by atoms with Gasteiger partial charge in [-0.05, 0) is 49.9 Å². The Morgan fingerprint density at radius 3 is 3.00 bits per heavy atom. The van der Waals surface area contributed by atoms with E-state index in [0.29, 0.717) is 6.10 Å². The molecule has 0 spiro atoms. The fourth-order valence-corrected chi connectivity index (χ4v) is 2.95. The van der Waals surface area contributed by atoms with Gasteiger partial charge in [0.05, 0.1) is 13.2 Å². The first-order valence-electron chi connectivity index (χ1n) is 8.36. The Morgan fingerprint density at radius 2 is 2.30 bits per heavy atom. The van der Waals surface area contributed by atoms with Gasteiger partial charge in [0.15, 0.2) is 0 Å². The molecule has 0 aliphatic carbocycles. The molecule has 1 unspecified atom stereocenters. The summed E-state index contributed by atoms with van der Waals surface area (Å²) in [5, 5.41) is 8.75. The molecule has 0 bridgehead atoms. The number of unbranched alkanes of at least 4 members (excludes halogenated alkanes) is 1. The lowest BCUT2D eigenvalue weighted by Gasteiger charge is -2.25. The molecule has 0 saturated carbocycles. The molecule has 1 aromatic rings. The van der Waals surface area contributed by atoms with Crippen molar-refractivity contribution in [3.63, 3.8) is 0 Å². The standard InChI is InChI=1S/C18H27NO4/c1-22-16-7-4-6-15(12-16)13-19(10-3-2-9-18(20)21)14-17-8-5-11-23-17/h4,6-7,12,17H,2-3,5,8-11,13-14H2,1H3,(H,20,21). The number of hydrogen-bond acceptors (Lipinski definition) is 4. The van der Waals surface area contributed by atoms with Gasteiger partial charge in [-0.1, -0.05) is 12.1 Å². The first-order chi connectivity index (χ1) is 11.2. The molecular weight excluding hydrogens is 294 g/mol. The highest BCUT2D eigenvalue weighted by Gasteiger charge is 2.19. The van der Waals surface area contributed by atoms with Crippen LogP contribution in [0.25, 0.3) is 0 Å². The summed E-state index contributed by atoms with van der Waals surface area (Å²) in [5.41, 5.74) is 1.21. The van der Waals surface area contributed by atoms with Crippen LogP contribution in [0.4, 0.5) is 0 Å². The summed E-state index contributed by atoms with van der Waals surface area (Å²) in [6, 6.07) is 8.10. The van der Waals surface area contributed by atoms with E-state index in [9.17, 15) is 4.79 Å². The van der Waals surface area contributed by atoms with E-state index in [0.717, 1.165) is 57.7 Å². The Bertz CT molecular complexity index is 486. The average molecular weight is 321 g/mol. The molecule has 2 rings (SSSR count). The van der Waals surface area contributed by atoms with Gasteiger partial charge < -0.3 is 14.6 Å². The third-order valence-electron chi connectivity index (χ3n) is 4.14. The SMILES string of the molecule is COc1cccc(CN(CCCCC(=O)O)CC2CCCO2)c1. The lowest BCUT2D eigenvalue weighted by Crippen LogP contribution is -2.32. The highest BCUT2D eigenvalue weighted by Crippen LogP contribution is 2.18. The molecular formula is C18H27NO4. The molecule has 5 nitrogen and oxygen atoms in total. The third kappa shape index (κ3) is 6.59. The van der Waals surface area contributed by atoms with Gasteiger partial charge in [0, 0.05) is 26.1 Å². The van der Waals surface area contributed by atoms with Gasteiger partial charge in [-0.2, -0.15) is 0 Å². The highest BCUT2D eigenvalue weighted by atomic mass is 16.5. The fourth-order valence-electron chi connectivity index (χ4n) is 2.95. The van der Waals surface area contributed by atoms with Crippen molar-refractivity contribution in [1.29, 1.82) is 0 Å². The minimum atomic E-state index is -0.719. The Hall–Kier alpha value is -1.59. The van der Waals surface area contributed by atoms with Crippen LogP contribution in [0.15, 0.2) is 24.3 Å². The zero-order chi connectivity index (χ0) is 16.5. The number of carbonyl (C=O) groups is 1. The molecule has 1 N–H and O–H groups in total. The zero-order valence-electron chi connectivity index (χ0n) is 13.9. The number of benzene rings is 1. The Labute approximate surface area is 138 Å². The van der Waals surface area contributed by atoms with E-state index in [1.807, 2.05) is 12.1 Å². The molecule has 1 aliphatic rings. The maximum absolute atomic E-state index is 10.6. The molecule has 0 aromatic heterocycles. The van der Waals surface area contributed by atoms with Crippen LogP contribution in [0.3, 0.4) is 0 Å². The van der Waals surface area contributed by atoms with E-state index >= 15 is 0 Å². The number of methoxy groups -OCH3 is 1. The first-order valence-corrected chi connectivity index (χ1v) is 8.36. The summed E-state index contributed by atoms with van der Waals surface area (Å²) in [4.78, 5) is 13.0. The van der Waals surface area contributed by atoms with Gasteiger partial charge in [-0.15, -0.1) is 0 Å². The quantitative estimate of drug-likeness (QED) is 0.672. The van der Waals surface area contributed by atoms with Crippen LogP contribution in [0.2, 0.25) is 0 Å². The maximum atomic E-state index is 10.6. The summed E-state index contributed by atoms with van der Waals surface area (Å²) in [7, 11) is 1.68. The van der Waals surface area contributed by atoms with E-state index in [-0.39, 0.29) is 6.42 Å². The molecule has 5 heteroatoms. The minimum Gasteiger partial charge on any atom is -0.497 e. The second-order valence-electron chi connectivity index (χ2n) is 6.07. The van der Waals surface area contributed by atoms with Crippen LogP contribution in [-0.4, -0.2) is 48.9 Å². The number of carboxylic acid groups (broad SMARTS) is 1. The summed E-state index contributed by atoms with van der Waals surface area (Å²) < 4.78 is 11.0. The average Bonchev–Trinajstić information content (AvgIpc) is 3.04. The van der Waals surface area contributed by atoms with Crippen molar-refractivity contribution in [1.82, 2.24) is 4.90 Å². The maximum Gasteiger partial charge on any atom is 0.303 e. The molecule has 128 valence electrons. The normalized spacial score (nSPS) is 17.6. The predicted molar refractivity (Wildman–Crippen MR) is 88.7 cm³/mol. The molecule has 1 heterocycles. The van der Waals surface area contributed by atoms with Crippen molar-refractivity contribution < 1.29 is 19.4 Å². The Balaban J connectivity index is 1.89. The third-order valence-corrected chi connectivity index (χ3v) is 4.14. The van der Waals surface area contributed by atoms with Crippen molar-refractivity contribution >= 4 is 5.97 Å². The first kappa shape index (κ1) is 17.8. The lowest BCUT2D eigenvalue weighted by molar-refractivity contribution is -0.137. The van der Waals surface area contributed by atoms with Crippen LogP contribution >= 0.6 is 0 Å². The van der Waals surface area contributed by atoms with Gasteiger partial charge in [0.2, 0.25) is 0 Å². The smallest absolute Gasteiger partial charge is 0.303 e. The van der Waals surface area contributed by atoms with Gasteiger partial charge in [-0.3, -0.25) is 9.69 Å². The summed E-state index contributed by atoms with van der Waals surface area (Å²) >= 11 is 0. The molecule has 1 aliphatic heterocycles. The van der Waals surface area contributed by atoms with Crippen molar-refractivity contribution in [3.05, 3.63) is 29.8 Å². The molecule has 0 radical (unpaired) electrons. The van der Waals surface area contributed by atoms with Gasteiger partial charge in [0.25, 0.3) is 0 Å². The van der Waals surface area contributed by atoms with Crippen LogP contribution in [0, 0.1) is 0 Å². The van der Waals surface area contributed by atoms with Crippen molar-refractivity contribution in [2.45, 2.75) is 44.8 Å².